The van der Waals surface area contributed by atoms with Gasteiger partial charge in [0.1, 0.15) is 0 Å². The number of phenols is 1. The minimum absolute atomic E-state index is 0.163. The monoisotopic (exact) mass is 264 g/mol. The molecule has 0 aliphatic carbocycles. The second kappa shape index (κ2) is 4.51. The third kappa shape index (κ3) is 2.80. The second-order valence-corrected chi connectivity index (χ2v) is 6.33. The van der Waals surface area contributed by atoms with E-state index in [0.717, 1.165) is 5.56 Å². The van der Waals surface area contributed by atoms with Gasteiger partial charge in [0.15, 0.2) is 11.5 Å². The van der Waals surface area contributed by atoms with Crippen molar-refractivity contribution in [1.29, 1.82) is 0 Å². The van der Waals surface area contributed by atoms with Crippen molar-refractivity contribution in [2.24, 2.45) is 0 Å². The molecule has 0 bridgehead atoms. The Morgan fingerprint density at radius 2 is 1.94 bits per heavy atom. The van der Waals surface area contributed by atoms with Crippen LogP contribution in [0.3, 0.4) is 0 Å². The van der Waals surface area contributed by atoms with Crippen molar-refractivity contribution in [2.45, 2.75) is 19.6 Å². The predicted molar refractivity (Wildman–Crippen MR) is 62.6 cm³/mol. The largest absolute Gasteiger partial charge is 0.504 e. The maximum atomic E-state index is 11.0. The molecule has 0 radical (unpaired) electrons. The Labute approximate surface area is 99.2 Å². The van der Waals surface area contributed by atoms with Crippen molar-refractivity contribution >= 4 is 19.7 Å². The summed E-state index contributed by atoms with van der Waals surface area (Å²) in [6.45, 7) is 3.48. The summed E-state index contributed by atoms with van der Waals surface area (Å²) >= 11 is 0. The summed E-state index contributed by atoms with van der Waals surface area (Å²) in [5, 5.41) is 9.87. The molecule has 1 aromatic carbocycles. The first-order valence-electron chi connectivity index (χ1n) is 4.54. The van der Waals surface area contributed by atoms with Crippen molar-refractivity contribution < 1.29 is 18.3 Å². The van der Waals surface area contributed by atoms with Crippen molar-refractivity contribution in [3.05, 3.63) is 22.8 Å². The Bertz CT molecular complexity index is 508. The number of halogens is 1. The molecular formula is C10H13ClO4S. The van der Waals surface area contributed by atoms with Gasteiger partial charge in [0.25, 0.3) is 0 Å². The standard InChI is InChI=1S/C10H13ClO4S/c1-6-4-7(2)10(15-3)9(12)8(6)5-16(11,13)14/h4,12H,5H2,1-3H3. The fraction of sp³-hybridized carbons (Fsp3) is 0.400. The van der Waals surface area contributed by atoms with Crippen molar-refractivity contribution in [3.63, 3.8) is 0 Å². The van der Waals surface area contributed by atoms with E-state index in [9.17, 15) is 13.5 Å². The molecule has 6 heteroatoms. The van der Waals surface area contributed by atoms with E-state index in [1.165, 1.54) is 7.11 Å². The van der Waals surface area contributed by atoms with Gasteiger partial charge in [0.05, 0.1) is 12.9 Å². The third-order valence-electron chi connectivity index (χ3n) is 2.29. The van der Waals surface area contributed by atoms with Gasteiger partial charge < -0.3 is 9.84 Å². The average molecular weight is 265 g/mol. The predicted octanol–water partition coefficient (Wildman–Crippen LogP) is 2.09. The molecule has 0 fully saturated rings. The summed E-state index contributed by atoms with van der Waals surface area (Å²) in [5.74, 6) is -0.298. The number of methoxy groups -OCH3 is 1. The summed E-state index contributed by atoms with van der Waals surface area (Å²) in [5.41, 5.74) is 1.69. The Morgan fingerprint density at radius 1 is 1.38 bits per heavy atom. The molecule has 0 saturated carbocycles. The number of aryl methyl sites for hydroxylation is 2. The molecule has 1 N–H and O–H groups in total. The molecule has 0 unspecified atom stereocenters. The maximum Gasteiger partial charge on any atom is 0.236 e. The molecule has 0 spiro atoms. The average Bonchev–Trinajstić information content (AvgIpc) is 2.11. The number of ether oxygens (including phenoxy) is 1. The molecule has 90 valence electrons. The number of hydrogen-bond acceptors (Lipinski definition) is 4. The van der Waals surface area contributed by atoms with E-state index in [0.29, 0.717) is 5.56 Å². The fourth-order valence-electron chi connectivity index (χ4n) is 1.60. The molecule has 4 nitrogen and oxygen atoms in total. The van der Waals surface area contributed by atoms with Crippen LogP contribution in [0.25, 0.3) is 0 Å². The van der Waals surface area contributed by atoms with E-state index >= 15 is 0 Å². The van der Waals surface area contributed by atoms with Crippen LogP contribution in [-0.2, 0) is 14.8 Å². The number of aromatic hydroxyl groups is 1. The van der Waals surface area contributed by atoms with Gasteiger partial charge in [-0.2, -0.15) is 0 Å². The minimum Gasteiger partial charge on any atom is -0.504 e. The molecule has 0 saturated heterocycles. The van der Waals surface area contributed by atoms with Crippen molar-refractivity contribution in [3.8, 4) is 11.5 Å². The first kappa shape index (κ1) is 13.1. The van der Waals surface area contributed by atoms with Gasteiger partial charge in [0.2, 0.25) is 9.05 Å². The summed E-state index contributed by atoms with van der Waals surface area (Å²) in [6, 6.07) is 1.75. The van der Waals surface area contributed by atoms with Gasteiger partial charge >= 0.3 is 0 Å². The van der Waals surface area contributed by atoms with Gasteiger partial charge in [-0.25, -0.2) is 8.42 Å². The highest BCUT2D eigenvalue weighted by molar-refractivity contribution is 8.13. The molecule has 16 heavy (non-hydrogen) atoms. The zero-order chi connectivity index (χ0) is 12.5. The van der Waals surface area contributed by atoms with Gasteiger partial charge in [-0.3, -0.25) is 0 Å². The van der Waals surface area contributed by atoms with E-state index in [1.54, 1.807) is 19.9 Å². The van der Waals surface area contributed by atoms with Crippen LogP contribution in [0.15, 0.2) is 6.07 Å². The van der Waals surface area contributed by atoms with E-state index in [4.69, 9.17) is 15.4 Å². The zero-order valence-corrected chi connectivity index (χ0v) is 10.8. The molecule has 0 heterocycles. The Morgan fingerprint density at radius 3 is 2.38 bits per heavy atom. The van der Waals surface area contributed by atoms with Crippen LogP contribution in [-0.4, -0.2) is 20.6 Å². The number of rotatable bonds is 3. The van der Waals surface area contributed by atoms with Crippen molar-refractivity contribution in [1.82, 2.24) is 0 Å². The summed E-state index contributed by atoms with van der Waals surface area (Å²) in [4.78, 5) is 0. The first-order valence-corrected chi connectivity index (χ1v) is 7.02. The number of hydrogen-bond donors (Lipinski definition) is 1. The SMILES string of the molecule is COc1c(C)cc(C)c(CS(=O)(=O)Cl)c1O. The topological polar surface area (TPSA) is 63.6 Å². The molecule has 0 aliphatic heterocycles. The first-order chi connectivity index (χ1) is 7.26. The Balaban J connectivity index is 3.40. The molecule has 1 rings (SSSR count). The van der Waals surface area contributed by atoms with Gasteiger partial charge in [-0.1, -0.05) is 6.07 Å². The number of benzene rings is 1. The highest BCUT2D eigenvalue weighted by atomic mass is 35.7. The fourth-order valence-corrected chi connectivity index (χ4v) is 2.64. The summed E-state index contributed by atoms with van der Waals surface area (Å²) in [6.07, 6.45) is 0. The normalized spacial score (nSPS) is 11.5. The van der Waals surface area contributed by atoms with E-state index in [1.807, 2.05) is 0 Å². The molecule has 0 aromatic heterocycles. The van der Waals surface area contributed by atoms with Gasteiger partial charge in [-0.15, -0.1) is 0 Å². The number of phenolic OH excluding ortho intramolecular Hbond substituents is 1. The molecule has 0 amide bonds. The lowest BCUT2D eigenvalue weighted by molar-refractivity contribution is 0.368. The Hall–Kier alpha value is -0.940. The lowest BCUT2D eigenvalue weighted by Crippen LogP contribution is -2.01. The minimum atomic E-state index is -3.70. The van der Waals surface area contributed by atoms with Crippen LogP contribution in [0.4, 0.5) is 0 Å². The summed E-state index contributed by atoms with van der Waals surface area (Å²) < 4.78 is 27.0. The van der Waals surface area contributed by atoms with E-state index in [-0.39, 0.29) is 17.1 Å². The quantitative estimate of drug-likeness (QED) is 0.849. The van der Waals surface area contributed by atoms with Gasteiger partial charge in [0, 0.05) is 16.2 Å². The molecule has 0 aliphatic rings. The molecule has 0 atom stereocenters. The Kier molecular flexibility index (Phi) is 3.70. The maximum absolute atomic E-state index is 11.0. The lowest BCUT2D eigenvalue weighted by atomic mass is 10.0. The van der Waals surface area contributed by atoms with Crippen LogP contribution < -0.4 is 4.74 Å². The smallest absolute Gasteiger partial charge is 0.236 e. The molecule has 1 aromatic rings. The van der Waals surface area contributed by atoms with Crippen LogP contribution in [0, 0.1) is 13.8 Å². The molecular weight excluding hydrogens is 252 g/mol. The van der Waals surface area contributed by atoms with Crippen LogP contribution >= 0.6 is 10.7 Å². The third-order valence-corrected chi connectivity index (χ3v) is 3.25. The lowest BCUT2D eigenvalue weighted by Gasteiger charge is -2.13. The zero-order valence-electron chi connectivity index (χ0n) is 9.24. The van der Waals surface area contributed by atoms with Crippen LogP contribution in [0.5, 0.6) is 11.5 Å². The summed E-state index contributed by atoms with van der Waals surface area (Å²) in [7, 11) is 2.88. The highest BCUT2D eigenvalue weighted by Gasteiger charge is 2.18. The van der Waals surface area contributed by atoms with Crippen LogP contribution in [0.2, 0.25) is 0 Å². The highest BCUT2D eigenvalue weighted by Crippen LogP contribution is 2.36. The van der Waals surface area contributed by atoms with Crippen molar-refractivity contribution in [2.75, 3.05) is 7.11 Å². The van der Waals surface area contributed by atoms with E-state index in [2.05, 4.69) is 0 Å². The van der Waals surface area contributed by atoms with Gasteiger partial charge in [-0.05, 0) is 25.0 Å². The van der Waals surface area contributed by atoms with E-state index < -0.39 is 14.8 Å². The van der Waals surface area contributed by atoms with Crippen LogP contribution in [0.1, 0.15) is 16.7 Å². The second-order valence-electron chi connectivity index (χ2n) is 3.55.